The Morgan fingerprint density at radius 2 is 2.05 bits per heavy atom. The molecule has 0 spiro atoms. The number of hydrogen-bond acceptors (Lipinski definition) is 4. The zero-order valence-electron chi connectivity index (χ0n) is 9.69. The maximum absolute atomic E-state index is 12.2. The van der Waals surface area contributed by atoms with Crippen LogP contribution in [-0.2, 0) is 6.54 Å². The van der Waals surface area contributed by atoms with Crippen molar-refractivity contribution in [3.8, 4) is 0 Å². The first-order valence-electron chi connectivity index (χ1n) is 5.10. The molecule has 2 rings (SSSR count). The molecule has 9 heteroatoms. The molecule has 0 unspecified atom stereocenters. The second-order valence-electron chi connectivity index (χ2n) is 3.68. The number of aromatic nitrogens is 4. The average molecular weight is 321 g/mol. The molecule has 1 N–H and O–H groups in total. The minimum atomic E-state index is -0.389. The van der Waals surface area contributed by atoms with Crippen LogP contribution in [0.5, 0.6) is 0 Å². The molecule has 2 aromatic heterocycles. The summed E-state index contributed by atoms with van der Waals surface area (Å²) in [6, 6.07) is 0. The summed E-state index contributed by atoms with van der Waals surface area (Å²) >= 11 is 17.6. The summed E-state index contributed by atoms with van der Waals surface area (Å²) in [6.07, 6.45) is 2.64. The van der Waals surface area contributed by atoms with Gasteiger partial charge in [0.2, 0.25) is 0 Å². The highest BCUT2D eigenvalue weighted by Crippen LogP contribution is 2.31. The molecule has 2 heterocycles. The van der Waals surface area contributed by atoms with Gasteiger partial charge < -0.3 is 4.90 Å². The van der Waals surface area contributed by atoms with Gasteiger partial charge in [0, 0.05) is 13.2 Å². The Bertz CT molecular complexity index is 601. The van der Waals surface area contributed by atoms with Gasteiger partial charge in [-0.2, -0.15) is 5.10 Å². The van der Waals surface area contributed by atoms with Crippen molar-refractivity contribution >= 4 is 40.7 Å². The number of rotatable bonds is 3. The van der Waals surface area contributed by atoms with Gasteiger partial charge in [0.1, 0.15) is 17.8 Å². The van der Waals surface area contributed by atoms with Gasteiger partial charge in [-0.3, -0.25) is 9.89 Å². The number of amides is 1. The van der Waals surface area contributed by atoms with Crippen LogP contribution in [0.25, 0.3) is 0 Å². The first kappa shape index (κ1) is 14.0. The fraction of sp³-hybridized carbons (Fsp3) is 0.200. The summed E-state index contributed by atoms with van der Waals surface area (Å²) in [7, 11) is 1.59. The van der Waals surface area contributed by atoms with E-state index in [2.05, 4.69) is 20.2 Å². The molecule has 0 aliphatic carbocycles. The lowest BCUT2D eigenvalue weighted by Gasteiger charge is -2.16. The maximum Gasteiger partial charge on any atom is 0.274 e. The smallest absolute Gasteiger partial charge is 0.274 e. The van der Waals surface area contributed by atoms with Gasteiger partial charge in [-0.05, 0) is 0 Å². The van der Waals surface area contributed by atoms with E-state index in [-0.39, 0.29) is 33.2 Å². The lowest BCUT2D eigenvalue weighted by atomic mass is 10.3. The number of halogens is 3. The largest absolute Gasteiger partial charge is 0.333 e. The van der Waals surface area contributed by atoms with Gasteiger partial charge in [0.15, 0.2) is 0 Å². The Morgan fingerprint density at radius 1 is 1.32 bits per heavy atom. The standard InChI is InChI=1S/C10H8Cl3N5O/c1-18(3-6-15-4-16-17-6)10(19)9-8(13)7(12)5(11)2-14-9/h2,4H,3H2,1H3,(H,15,16,17). The van der Waals surface area contributed by atoms with E-state index in [1.165, 1.54) is 17.4 Å². The predicted octanol–water partition coefficient (Wildman–Crippen LogP) is 2.43. The van der Waals surface area contributed by atoms with Crippen LogP contribution in [0.3, 0.4) is 0 Å². The van der Waals surface area contributed by atoms with E-state index in [0.717, 1.165) is 0 Å². The average Bonchev–Trinajstić information content (AvgIpc) is 2.88. The molecule has 0 atom stereocenters. The fourth-order valence-electron chi connectivity index (χ4n) is 1.38. The van der Waals surface area contributed by atoms with Crippen LogP contribution in [0.15, 0.2) is 12.5 Å². The molecule has 0 radical (unpaired) electrons. The highest BCUT2D eigenvalue weighted by molar-refractivity contribution is 6.48. The zero-order valence-corrected chi connectivity index (χ0v) is 12.0. The molecule has 0 fully saturated rings. The molecule has 19 heavy (non-hydrogen) atoms. The van der Waals surface area contributed by atoms with Gasteiger partial charge >= 0.3 is 0 Å². The monoisotopic (exact) mass is 319 g/mol. The van der Waals surface area contributed by atoms with Crippen LogP contribution < -0.4 is 0 Å². The number of hydrogen-bond donors (Lipinski definition) is 1. The highest BCUT2D eigenvalue weighted by atomic mass is 35.5. The van der Waals surface area contributed by atoms with Crippen LogP contribution >= 0.6 is 34.8 Å². The molecule has 1 amide bonds. The molecule has 6 nitrogen and oxygen atoms in total. The topological polar surface area (TPSA) is 74.8 Å². The summed E-state index contributed by atoms with van der Waals surface area (Å²) in [5.74, 6) is 0.159. The van der Waals surface area contributed by atoms with E-state index in [9.17, 15) is 4.79 Å². The van der Waals surface area contributed by atoms with E-state index >= 15 is 0 Å². The van der Waals surface area contributed by atoms with Crippen LogP contribution in [0, 0.1) is 0 Å². The molecular weight excluding hydrogens is 313 g/mol. The van der Waals surface area contributed by atoms with Crippen molar-refractivity contribution in [3.63, 3.8) is 0 Å². The minimum Gasteiger partial charge on any atom is -0.333 e. The lowest BCUT2D eigenvalue weighted by molar-refractivity contribution is 0.0776. The molecule has 0 aromatic carbocycles. The summed E-state index contributed by atoms with van der Waals surface area (Å²) in [6.45, 7) is 0.247. The Morgan fingerprint density at radius 3 is 2.68 bits per heavy atom. The first-order chi connectivity index (χ1) is 9.00. The molecule has 0 aliphatic heterocycles. The van der Waals surface area contributed by atoms with E-state index < -0.39 is 0 Å². The Labute approximate surface area is 123 Å². The number of carbonyl (C=O) groups is 1. The van der Waals surface area contributed by atoms with Gasteiger partial charge in [0.25, 0.3) is 5.91 Å². The molecule has 0 saturated carbocycles. The summed E-state index contributed by atoms with van der Waals surface area (Å²) in [5, 5.41) is 6.68. The van der Waals surface area contributed by atoms with Crippen molar-refractivity contribution in [2.24, 2.45) is 0 Å². The molecule has 0 saturated heterocycles. The summed E-state index contributed by atoms with van der Waals surface area (Å²) < 4.78 is 0. The Kier molecular flexibility index (Phi) is 4.24. The van der Waals surface area contributed by atoms with Crippen molar-refractivity contribution < 1.29 is 4.79 Å². The van der Waals surface area contributed by atoms with E-state index in [0.29, 0.717) is 5.82 Å². The minimum absolute atomic E-state index is 0.0311. The summed E-state index contributed by atoms with van der Waals surface area (Å²) in [5.41, 5.74) is 0.0399. The van der Waals surface area contributed by atoms with Crippen LogP contribution in [-0.4, -0.2) is 38.0 Å². The third-order valence-electron chi connectivity index (χ3n) is 2.32. The van der Waals surface area contributed by atoms with Crippen LogP contribution in [0.4, 0.5) is 0 Å². The fourth-order valence-corrected chi connectivity index (χ4v) is 1.94. The maximum atomic E-state index is 12.2. The summed E-state index contributed by atoms with van der Waals surface area (Å²) in [4.78, 5) is 21.4. The van der Waals surface area contributed by atoms with Gasteiger partial charge in [0.05, 0.1) is 21.6 Å². The number of H-pyrrole nitrogens is 1. The van der Waals surface area contributed by atoms with Gasteiger partial charge in [-0.1, -0.05) is 34.8 Å². The third kappa shape index (κ3) is 2.97. The molecule has 0 aliphatic rings. The number of aromatic amines is 1. The lowest BCUT2D eigenvalue weighted by Crippen LogP contribution is -2.27. The van der Waals surface area contributed by atoms with Crippen LogP contribution in [0.2, 0.25) is 15.1 Å². The van der Waals surface area contributed by atoms with Crippen molar-refractivity contribution in [3.05, 3.63) is 39.1 Å². The first-order valence-corrected chi connectivity index (χ1v) is 6.23. The Hall–Kier alpha value is -1.37. The molecular formula is C10H8Cl3N5O. The van der Waals surface area contributed by atoms with Crippen molar-refractivity contribution in [1.82, 2.24) is 25.1 Å². The Balaban J connectivity index is 2.22. The van der Waals surface area contributed by atoms with E-state index in [1.807, 2.05) is 0 Å². The number of pyridine rings is 1. The SMILES string of the molecule is CN(Cc1ncn[nH]1)C(=O)c1ncc(Cl)c(Cl)c1Cl. The van der Waals surface area contributed by atoms with E-state index in [1.54, 1.807) is 7.05 Å². The number of carbonyl (C=O) groups excluding carboxylic acids is 1. The van der Waals surface area contributed by atoms with Crippen molar-refractivity contribution in [2.45, 2.75) is 6.54 Å². The second kappa shape index (κ2) is 5.73. The molecule has 100 valence electrons. The quantitative estimate of drug-likeness (QED) is 0.942. The second-order valence-corrected chi connectivity index (χ2v) is 4.84. The zero-order chi connectivity index (χ0) is 14.0. The third-order valence-corrected chi connectivity index (χ3v) is 3.56. The normalized spacial score (nSPS) is 10.5. The van der Waals surface area contributed by atoms with Gasteiger partial charge in [-0.15, -0.1) is 0 Å². The highest BCUT2D eigenvalue weighted by Gasteiger charge is 2.20. The predicted molar refractivity (Wildman–Crippen MR) is 71.4 cm³/mol. The molecule has 0 bridgehead atoms. The van der Waals surface area contributed by atoms with Crippen molar-refractivity contribution in [2.75, 3.05) is 7.05 Å². The molecule has 2 aromatic rings. The van der Waals surface area contributed by atoms with Gasteiger partial charge in [-0.25, -0.2) is 9.97 Å². The van der Waals surface area contributed by atoms with Crippen molar-refractivity contribution in [1.29, 1.82) is 0 Å². The number of nitrogens with one attached hydrogen (secondary N) is 1. The number of nitrogens with zero attached hydrogens (tertiary/aromatic N) is 4. The van der Waals surface area contributed by atoms with Crippen LogP contribution in [0.1, 0.15) is 16.3 Å². The van der Waals surface area contributed by atoms with E-state index in [4.69, 9.17) is 34.8 Å².